The van der Waals surface area contributed by atoms with Gasteiger partial charge in [-0.05, 0) is 88.3 Å². The molecule has 47 nitrogen and oxygen atoms in total. The van der Waals surface area contributed by atoms with Crippen LogP contribution >= 0.6 is 0 Å². The summed E-state index contributed by atoms with van der Waals surface area (Å²) in [6, 6.07) is 3.99. The summed E-state index contributed by atoms with van der Waals surface area (Å²) in [5.41, 5.74) is 25.0. The number of carbonyl (C=O) groups is 17. The van der Waals surface area contributed by atoms with Gasteiger partial charge in [-0.25, -0.2) is 0 Å². The number of aliphatic hydroxyl groups is 2. The number of aromatic nitrogens is 5. The van der Waals surface area contributed by atoms with Crippen LogP contribution in [0.5, 0.6) is 0 Å². The fourth-order valence-corrected chi connectivity index (χ4v) is 16.9. The lowest BCUT2D eigenvalue weighted by molar-refractivity contribution is -0.142. The largest absolute Gasteiger partial charge is 0.394 e. The minimum absolute atomic E-state index is 0.000468. The maximum Gasteiger partial charge on any atom is 0.246 e. The Kier molecular flexibility index (Phi) is 60.6. The number of benzene rings is 2. The number of likely N-dealkylation sites (N-methyl/N-ethyl adjacent to an activating group) is 1. The second-order valence-electron chi connectivity index (χ2n) is 37.5. The third-order valence-corrected chi connectivity index (χ3v) is 25.3. The Bertz CT molecular complexity index is 4920. The van der Waals surface area contributed by atoms with Crippen LogP contribution in [-0.2, 0) is 120 Å². The highest BCUT2D eigenvalue weighted by Crippen LogP contribution is 2.26. The predicted octanol–water partition coefficient (Wildman–Crippen LogP) is 0.623. The summed E-state index contributed by atoms with van der Waals surface area (Å²) in [5, 5.41) is 66.5. The molecule has 47 heteroatoms. The molecule has 0 unspecified atom stereocenters. The first kappa shape index (κ1) is 125. The van der Waals surface area contributed by atoms with E-state index in [9.17, 15) is 91.7 Å². The van der Waals surface area contributed by atoms with E-state index in [0.717, 1.165) is 54.4 Å². The molecule has 12 atom stereocenters. The number of primary amides is 1. The molecule has 0 bridgehead atoms. The second kappa shape index (κ2) is 72.4. The van der Waals surface area contributed by atoms with Gasteiger partial charge in [-0.1, -0.05) is 170 Å². The van der Waals surface area contributed by atoms with Crippen LogP contribution in [0.15, 0.2) is 82.6 Å². The summed E-state index contributed by atoms with van der Waals surface area (Å²) >= 11 is 0. The van der Waals surface area contributed by atoms with Crippen molar-refractivity contribution in [2.75, 3.05) is 99.2 Å². The van der Waals surface area contributed by atoms with Crippen molar-refractivity contribution in [1.29, 1.82) is 0 Å². The van der Waals surface area contributed by atoms with E-state index in [1.807, 2.05) is 31.2 Å². The first-order valence-corrected chi connectivity index (χ1v) is 52.3. The molecule has 5 heterocycles. The zero-order valence-electron chi connectivity index (χ0n) is 86.7. The lowest BCUT2D eigenvalue weighted by atomic mass is 9.98. The number of nitrogens with two attached hydrogens (primary N) is 4. The van der Waals surface area contributed by atoms with Gasteiger partial charge in [0.1, 0.15) is 79.2 Å². The molecular formula is C102H160N24O23. The molecule has 7 rings (SSSR count). The van der Waals surface area contributed by atoms with E-state index < -0.39 is 170 Å². The molecule has 0 saturated carbocycles. The third kappa shape index (κ3) is 50.7. The summed E-state index contributed by atoms with van der Waals surface area (Å²) in [7, 11) is 1.42. The van der Waals surface area contributed by atoms with Gasteiger partial charge in [-0.2, -0.15) is 5.21 Å². The highest BCUT2D eigenvalue weighted by molar-refractivity contribution is 6.00. The van der Waals surface area contributed by atoms with E-state index in [1.54, 1.807) is 55.7 Å². The molecule has 3 aliphatic rings. The van der Waals surface area contributed by atoms with Gasteiger partial charge < -0.3 is 126 Å². The molecule has 14 amide bonds. The second-order valence-corrected chi connectivity index (χ2v) is 37.5. The number of hydrogen-bond donors (Lipinski definition) is 20. The molecule has 826 valence electrons. The number of nitrogens with one attached hydrogen (secondary N) is 14. The number of aromatic amines is 2. The first-order valence-electron chi connectivity index (χ1n) is 52.3. The molecule has 2 saturated heterocycles. The van der Waals surface area contributed by atoms with Crippen molar-refractivity contribution in [3.63, 3.8) is 0 Å². The van der Waals surface area contributed by atoms with Gasteiger partial charge in [0.15, 0.2) is 17.6 Å². The Labute approximate surface area is 870 Å². The van der Waals surface area contributed by atoms with E-state index >= 15 is 0 Å². The summed E-state index contributed by atoms with van der Waals surface area (Å²) in [5.74, 6) is -9.91. The Morgan fingerprint density at radius 2 is 1.17 bits per heavy atom. The zero-order valence-corrected chi connectivity index (χ0v) is 86.7. The Balaban J connectivity index is 0.000000479. The molecule has 0 radical (unpaired) electrons. The summed E-state index contributed by atoms with van der Waals surface area (Å²) in [6.45, 7) is 3.83. The summed E-state index contributed by atoms with van der Waals surface area (Å²) in [4.78, 5) is 237. The van der Waals surface area contributed by atoms with Crippen molar-refractivity contribution >= 4 is 123 Å². The van der Waals surface area contributed by atoms with Crippen molar-refractivity contribution in [1.82, 2.24) is 94.3 Å². The number of hydrogen-bond acceptors (Lipinski definition) is 29. The molecule has 2 fully saturated rings. The number of aliphatic hydroxyl groups excluding tert-OH is 2. The van der Waals surface area contributed by atoms with Crippen molar-refractivity contribution < 1.29 is 111 Å². The Morgan fingerprint density at radius 3 is 1.82 bits per heavy atom. The number of ketones is 3. The standard InChI is InChI=1S/C57H99N15O15.C45H61N9O8/c1-3-4-23-43(53(79)60-2)65-56(82)46(36-58)68-55(81)45(35-41-20-18-27-61-41)67-54(80)44(25-26-48(59)75)66-57(83)47(38-73)64-50(76)37-63-52(78)40-87-34-32-85-30-28-62-51(77)39-86-33-31-84-29-19-22-42(74)21-16-14-12-10-8-6-5-7-9-11-13-15-17-24-49-69-71-72-70-49;1-27-19-20-31(56)14-7-4-8-16-34(28(2)55)50-42(60)38(23-30-25-49-35-17-10-9-15-33(30)35)52-40(58)36(18-11-21-48-45(46)47)51-41(59)37(22-29-12-5-3-6-13-29)53-43(61)39-24-32(57)26-54(39)44(27)62/h20,27,43-47,73H,3-19,21-26,28-40,58H2,1-2H3,(H2,59,75)(H,60,79)(H,62,77)(H,63,78)(H,64,76)(H,65,82)(H,66,83)(H,67,80)(H,68,81)(H,69,70,71,72);3,5-6,9-10,12-13,15,17,25,27,32,34,36-39,49,57H,4,7-8,11,14,16,18-24,26H2,1-2H3,(H,50,60)(H,51,59)(H,52,58)(H,53,61)(H4,46,47,48)/t43-,44-,45-,46-,47-;27-,32+,34-,36-,37+,38-,39-/m00/s1. The number of fused-ring (bicyclic) bond motifs is 2. The molecular weight excluding hydrogens is 1930 g/mol. The number of aryl methyl sites for hydroxylation is 1. The van der Waals surface area contributed by atoms with Gasteiger partial charge in [0.2, 0.25) is 82.7 Å². The summed E-state index contributed by atoms with van der Waals surface area (Å²) in [6.07, 6.45) is 26.6. The molecule has 149 heavy (non-hydrogen) atoms. The Morgan fingerprint density at radius 1 is 0.584 bits per heavy atom. The van der Waals surface area contributed by atoms with Gasteiger partial charge in [0.25, 0.3) is 0 Å². The van der Waals surface area contributed by atoms with Gasteiger partial charge in [0.05, 0.1) is 58.3 Å². The van der Waals surface area contributed by atoms with Crippen LogP contribution < -0.4 is 86.7 Å². The monoisotopic (exact) mass is 2090 g/mol. The van der Waals surface area contributed by atoms with Crippen LogP contribution in [0.3, 0.4) is 0 Å². The van der Waals surface area contributed by atoms with E-state index in [4.69, 9.17) is 41.9 Å². The van der Waals surface area contributed by atoms with Crippen molar-refractivity contribution in [3.05, 3.63) is 89.5 Å². The molecule has 4 aromatic rings. The maximum atomic E-state index is 14.4. The number of allylic oxidation sites excluding steroid dienone is 1. The van der Waals surface area contributed by atoms with Crippen LogP contribution in [-0.4, -0.2) is 319 Å². The molecule has 24 N–H and O–H groups in total. The normalized spacial score (nSPS) is 18.5. The fraction of sp³-hybridized carbons (Fsp3) is 0.647. The molecule has 2 aromatic carbocycles. The fourth-order valence-electron chi connectivity index (χ4n) is 16.9. The number of H-pyrrole nitrogens is 2. The van der Waals surface area contributed by atoms with E-state index in [1.165, 1.54) is 83.1 Å². The summed E-state index contributed by atoms with van der Waals surface area (Å²) < 4.78 is 21.6. The van der Waals surface area contributed by atoms with Crippen LogP contribution in [0.4, 0.5) is 0 Å². The van der Waals surface area contributed by atoms with Crippen molar-refractivity contribution in [3.8, 4) is 0 Å². The quantitative estimate of drug-likeness (QED) is 0.0164. The van der Waals surface area contributed by atoms with E-state index in [0.29, 0.717) is 88.7 Å². The average Bonchev–Trinajstić information content (AvgIpc) is 1.68. The number of unbranched alkanes of at least 4 members (excludes halogenated alkanes) is 13. The number of carbonyl (C=O) groups excluding carboxylic acids is 17. The minimum atomic E-state index is -1.64. The number of ether oxygens (including phenoxy) is 4. The number of tetrazole rings is 1. The number of guanidine groups is 1. The van der Waals surface area contributed by atoms with Gasteiger partial charge in [-0.15, -0.1) is 10.2 Å². The zero-order chi connectivity index (χ0) is 108. The molecule has 3 aliphatic heterocycles. The number of amides is 14. The number of nitrogens with zero attached hydrogens (tertiary/aromatic N) is 6. The lowest BCUT2D eigenvalue weighted by Crippen LogP contribution is -2.60. The number of para-hydroxylation sites is 1. The highest BCUT2D eigenvalue weighted by Gasteiger charge is 2.43. The third-order valence-electron chi connectivity index (χ3n) is 25.3. The van der Waals surface area contributed by atoms with Crippen LogP contribution in [0.1, 0.15) is 250 Å². The van der Waals surface area contributed by atoms with E-state index in [2.05, 4.69) is 99.4 Å². The molecule has 2 aromatic heterocycles. The topological polar surface area (TPSA) is 714 Å². The SMILES string of the molecule is CC(=O)[C@@H]1CCCCCC(=O)CC[C@H](C)C(=O)N2C[C@H](O)C[C@H]2C(=O)N[C@H](Cc2ccccc2)C(=O)N[C@@H](CCCN=C(N)N)C(=O)N[C@@H](Cc2c[nH]c3ccccc23)C(=O)N1.CCCC[C@H](NC(=O)[C@H](CN)NC(=O)[C@H](CC1=CCC=N1)NC(=O)[C@H](CCC(N)=O)NC(=O)[C@H](CO)NC(=O)CNC(=O)COCCOCCNC(=O)COCCOCCCC(=O)CCCCCCCCCCCCCCCc1nn[nH]n1)C(=O)NC. The lowest BCUT2D eigenvalue weighted by Gasteiger charge is -2.29. The number of aliphatic imine (C=N–C) groups is 2. The minimum Gasteiger partial charge on any atom is -0.394 e. The average molecular weight is 2090 g/mol. The van der Waals surface area contributed by atoms with Gasteiger partial charge >= 0.3 is 0 Å². The van der Waals surface area contributed by atoms with E-state index in [-0.39, 0.29) is 159 Å². The number of Topliss-reactive ketones (excluding diaryl/α,β-unsaturated/α-hetero) is 3. The highest BCUT2D eigenvalue weighted by atomic mass is 16.5. The number of rotatable bonds is 64. The Hall–Kier alpha value is -13.0. The van der Waals surface area contributed by atoms with Gasteiger partial charge in [0, 0.05) is 145 Å². The van der Waals surface area contributed by atoms with Crippen LogP contribution in [0.2, 0.25) is 0 Å². The maximum absolute atomic E-state index is 14.4. The predicted molar refractivity (Wildman–Crippen MR) is 553 cm³/mol. The molecule has 0 aliphatic carbocycles. The first-order chi connectivity index (χ1) is 71.8. The van der Waals surface area contributed by atoms with Crippen molar-refractivity contribution in [2.45, 2.75) is 318 Å². The van der Waals surface area contributed by atoms with Crippen LogP contribution in [0, 0.1) is 5.92 Å². The van der Waals surface area contributed by atoms with Gasteiger partial charge in [-0.3, -0.25) is 91.5 Å². The van der Waals surface area contributed by atoms with Crippen molar-refractivity contribution in [2.24, 2.45) is 38.8 Å². The molecule has 0 spiro atoms. The van der Waals surface area contributed by atoms with Crippen LogP contribution in [0.25, 0.3) is 10.9 Å². The smallest absolute Gasteiger partial charge is 0.246 e.